The predicted octanol–water partition coefficient (Wildman–Crippen LogP) is -2.57. The van der Waals surface area contributed by atoms with Crippen molar-refractivity contribution in [3.63, 3.8) is 0 Å². The Kier molecular flexibility index (Phi) is 6.95. The van der Waals surface area contributed by atoms with E-state index in [1.807, 2.05) is 25.9 Å². The van der Waals surface area contributed by atoms with Crippen LogP contribution in [-0.2, 0) is 19.2 Å². The van der Waals surface area contributed by atoms with Gasteiger partial charge in [-0.05, 0) is 13.3 Å². The van der Waals surface area contributed by atoms with Gasteiger partial charge in [0.05, 0.1) is 56.4 Å². The molecule has 0 aromatic carbocycles. The second kappa shape index (κ2) is 9.38. The Morgan fingerprint density at radius 3 is 2.63 bits per heavy atom. The molecule has 4 N–H and O–H groups in total. The van der Waals surface area contributed by atoms with E-state index in [4.69, 9.17) is 5.73 Å². The van der Waals surface area contributed by atoms with Crippen LogP contribution in [0.3, 0.4) is 0 Å². The molecule has 11 nitrogen and oxygen atoms in total. The van der Waals surface area contributed by atoms with Crippen LogP contribution >= 0.6 is 11.8 Å². The van der Waals surface area contributed by atoms with Gasteiger partial charge in [0.2, 0.25) is 11.8 Å². The van der Waals surface area contributed by atoms with Crippen molar-refractivity contribution in [1.29, 1.82) is 0 Å². The van der Waals surface area contributed by atoms with Gasteiger partial charge in [0, 0.05) is 35.6 Å². The summed E-state index contributed by atoms with van der Waals surface area (Å²) in [5.41, 5.74) is 5.29. The maximum atomic E-state index is 13.2. The molecule has 3 fully saturated rings. The number of aliphatic carboxylic acids is 1. The third-order valence-electron chi connectivity index (χ3n) is 8.01. The number of aliphatic hydroxyl groups is 1. The van der Waals surface area contributed by atoms with Gasteiger partial charge in [-0.15, -0.1) is 11.8 Å². The average molecular weight is 510 g/mol. The Balaban J connectivity index is 1.39. The fourth-order valence-electron chi connectivity index (χ4n) is 6.09. The summed E-state index contributed by atoms with van der Waals surface area (Å²) in [4.78, 5) is 52.7. The van der Waals surface area contributed by atoms with Gasteiger partial charge >= 0.3 is 0 Å². The standard InChI is InChI=1S/C23H35N5O6S/c1-11-18-17(12(2)29)22(32)27(18)19(23(33)34)20(11)35-14-7-15(25-8-14)21(31)26-6-5-13(9-26)28(3,4)10-16(24)30/h11-15,17-18,25,29H,5-10H2,1-4H3,(H2-,24,30,33,34)/t11?,12?,13?,14?,15?,17?,18-/m1/s1. The SMILES string of the molecule is CC(O)C1C(=O)N2C(C(=O)[O-])=C(SC3CNC(C(=O)N4CCC([N+](C)(C)CC(N)=O)C4)C3)C(C)[C@H]12. The van der Waals surface area contributed by atoms with E-state index in [2.05, 4.69) is 5.32 Å². The molecule has 0 saturated carbocycles. The zero-order chi connectivity index (χ0) is 25.8. The summed E-state index contributed by atoms with van der Waals surface area (Å²) in [6, 6.07) is -0.615. The Morgan fingerprint density at radius 2 is 2.03 bits per heavy atom. The van der Waals surface area contributed by atoms with Crippen LogP contribution < -0.4 is 16.2 Å². The molecule has 6 unspecified atom stereocenters. The van der Waals surface area contributed by atoms with Crippen LogP contribution in [0, 0.1) is 11.8 Å². The molecular formula is C23H35N5O6S. The number of β-lactam (4-membered cyclic amide) rings is 1. The lowest BCUT2D eigenvalue weighted by molar-refractivity contribution is -0.905. The van der Waals surface area contributed by atoms with Crippen LogP contribution in [0.1, 0.15) is 26.7 Å². The monoisotopic (exact) mass is 509 g/mol. The summed E-state index contributed by atoms with van der Waals surface area (Å²) >= 11 is 1.39. The van der Waals surface area contributed by atoms with Gasteiger partial charge in [-0.3, -0.25) is 14.4 Å². The maximum absolute atomic E-state index is 13.2. The molecule has 0 aromatic rings. The van der Waals surface area contributed by atoms with Crippen LogP contribution in [-0.4, -0.2) is 113 Å². The minimum absolute atomic E-state index is 0.0106. The zero-order valence-corrected chi connectivity index (χ0v) is 21.4. The van der Waals surface area contributed by atoms with Crippen LogP contribution in [0.4, 0.5) is 0 Å². The van der Waals surface area contributed by atoms with Crippen molar-refractivity contribution in [2.45, 2.75) is 56.2 Å². The fraction of sp³-hybridized carbons (Fsp3) is 0.739. The second-order valence-corrected chi connectivity index (χ2v) is 12.2. The van der Waals surface area contributed by atoms with Crippen LogP contribution in [0.2, 0.25) is 0 Å². The maximum Gasteiger partial charge on any atom is 0.272 e. The Hall–Kier alpha value is -2.15. The Labute approximate surface area is 209 Å². The number of thioether (sulfide) groups is 1. The molecule has 0 radical (unpaired) electrons. The van der Waals surface area contributed by atoms with E-state index in [0.29, 0.717) is 35.4 Å². The zero-order valence-electron chi connectivity index (χ0n) is 20.6. The number of carbonyl (C=O) groups is 4. The third-order valence-corrected chi connectivity index (χ3v) is 9.52. The largest absolute Gasteiger partial charge is 0.543 e. The van der Waals surface area contributed by atoms with E-state index < -0.39 is 18.0 Å². The number of nitrogens with zero attached hydrogens (tertiary/aromatic N) is 3. The quantitative estimate of drug-likeness (QED) is 0.238. The summed E-state index contributed by atoms with van der Waals surface area (Å²) in [6.07, 6.45) is 0.482. The number of hydrogen-bond donors (Lipinski definition) is 3. The smallest absolute Gasteiger partial charge is 0.272 e. The number of quaternary nitrogens is 1. The number of amides is 3. The molecule has 3 saturated heterocycles. The first-order valence-electron chi connectivity index (χ1n) is 12.1. The highest BCUT2D eigenvalue weighted by Gasteiger charge is 2.59. The molecule has 4 heterocycles. The first kappa shape index (κ1) is 25.9. The molecule has 0 bridgehead atoms. The molecule has 3 amide bonds. The van der Waals surface area contributed by atoms with E-state index in [1.54, 1.807) is 6.92 Å². The van der Waals surface area contributed by atoms with Crippen molar-refractivity contribution in [1.82, 2.24) is 15.1 Å². The summed E-state index contributed by atoms with van der Waals surface area (Å²) < 4.78 is 0.442. The van der Waals surface area contributed by atoms with E-state index in [-0.39, 0.29) is 59.3 Å². The van der Waals surface area contributed by atoms with Gasteiger partial charge < -0.3 is 40.3 Å². The van der Waals surface area contributed by atoms with Gasteiger partial charge in [0.25, 0.3) is 5.91 Å². The molecule has 4 aliphatic heterocycles. The number of aliphatic hydroxyl groups excluding tert-OH is 1. The van der Waals surface area contributed by atoms with Gasteiger partial charge in [0.15, 0.2) is 6.54 Å². The highest BCUT2D eigenvalue weighted by molar-refractivity contribution is 8.03. The van der Waals surface area contributed by atoms with Crippen LogP contribution in [0.25, 0.3) is 0 Å². The number of carboxylic acids is 1. The lowest BCUT2D eigenvalue weighted by atomic mass is 9.79. The number of hydrogen-bond acceptors (Lipinski definition) is 8. The first-order valence-corrected chi connectivity index (χ1v) is 13.0. The van der Waals surface area contributed by atoms with E-state index in [1.165, 1.54) is 16.7 Å². The van der Waals surface area contributed by atoms with Crippen molar-refractivity contribution < 1.29 is 33.9 Å². The van der Waals surface area contributed by atoms with Crippen molar-refractivity contribution in [2.75, 3.05) is 40.3 Å². The molecule has 0 aromatic heterocycles. The van der Waals surface area contributed by atoms with Crippen LogP contribution in [0.15, 0.2) is 10.6 Å². The van der Waals surface area contributed by atoms with Gasteiger partial charge in [-0.25, -0.2) is 0 Å². The lowest BCUT2D eigenvalue weighted by Gasteiger charge is -2.47. The fourth-order valence-corrected chi connectivity index (χ4v) is 7.57. The summed E-state index contributed by atoms with van der Waals surface area (Å²) in [6.45, 7) is 5.36. The first-order chi connectivity index (χ1) is 16.3. The Bertz CT molecular complexity index is 968. The van der Waals surface area contributed by atoms with Crippen LogP contribution in [0.5, 0.6) is 0 Å². The number of carbonyl (C=O) groups excluding carboxylic acids is 4. The normalized spacial score (nSPS) is 33.7. The number of fused-ring (bicyclic) bond motifs is 1. The number of primary amides is 1. The van der Waals surface area contributed by atoms with Gasteiger partial charge in [-0.2, -0.15) is 0 Å². The molecule has 4 aliphatic rings. The highest BCUT2D eigenvalue weighted by atomic mass is 32.2. The van der Waals surface area contributed by atoms with Gasteiger partial charge in [0.1, 0.15) is 6.04 Å². The number of nitrogens with one attached hydrogen (secondary N) is 1. The highest BCUT2D eigenvalue weighted by Crippen LogP contribution is 2.51. The van der Waals surface area contributed by atoms with E-state index in [9.17, 15) is 29.4 Å². The molecular weight excluding hydrogens is 474 g/mol. The number of rotatable bonds is 8. The molecule has 194 valence electrons. The second-order valence-electron chi connectivity index (χ2n) is 10.8. The Morgan fingerprint density at radius 1 is 1.34 bits per heavy atom. The minimum atomic E-state index is -1.39. The summed E-state index contributed by atoms with van der Waals surface area (Å²) in [7, 11) is 3.90. The molecule has 4 rings (SSSR count). The summed E-state index contributed by atoms with van der Waals surface area (Å²) in [5, 5.41) is 25.2. The van der Waals surface area contributed by atoms with Gasteiger partial charge in [-0.1, -0.05) is 6.92 Å². The number of likely N-dealkylation sites (tertiary alicyclic amines) is 1. The summed E-state index contributed by atoms with van der Waals surface area (Å²) in [5.74, 6) is -2.98. The number of nitrogens with two attached hydrogens (primary N) is 1. The number of carboxylic acid groups (broad SMARTS) is 1. The lowest BCUT2D eigenvalue weighted by Crippen LogP contribution is -2.64. The number of likely N-dealkylation sites (N-methyl/N-ethyl adjacent to an activating group) is 1. The van der Waals surface area contributed by atoms with E-state index >= 15 is 0 Å². The molecule has 12 heteroatoms. The molecule has 7 atom stereocenters. The van der Waals surface area contributed by atoms with Crippen molar-refractivity contribution in [3.05, 3.63) is 10.6 Å². The third kappa shape index (κ3) is 4.56. The average Bonchev–Trinajstić information content (AvgIpc) is 3.46. The predicted molar refractivity (Wildman–Crippen MR) is 126 cm³/mol. The van der Waals surface area contributed by atoms with Crippen molar-refractivity contribution in [2.24, 2.45) is 17.6 Å². The van der Waals surface area contributed by atoms with Crippen molar-refractivity contribution >= 4 is 35.5 Å². The molecule has 35 heavy (non-hydrogen) atoms. The molecule has 0 spiro atoms. The van der Waals surface area contributed by atoms with E-state index in [0.717, 1.165) is 6.42 Å². The minimum Gasteiger partial charge on any atom is -0.543 e. The molecule has 0 aliphatic carbocycles. The topological polar surface area (TPSA) is 156 Å². The van der Waals surface area contributed by atoms with Crippen molar-refractivity contribution in [3.8, 4) is 0 Å².